The van der Waals surface area contributed by atoms with Gasteiger partial charge in [-0.15, -0.1) is 0 Å². The first kappa shape index (κ1) is 13.9. The van der Waals surface area contributed by atoms with Gasteiger partial charge in [-0.25, -0.2) is 8.78 Å². The molecule has 0 aliphatic heterocycles. The van der Waals surface area contributed by atoms with Gasteiger partial charge in [0, 0.05) is 11.1 Å². The second-order valence-corrected chi connectivity index (χ2v) is 4.07. The van der Waals surface area contributed by atoms with E-state index in [2.05, 4.69) is 0 Å². The molecular formula is C16H12F2O2. The fourth-order valence-corrected chi connectivity index (χ4v) is 1.69. The Labute approximate surface area is 115 Å². The van der Waals surface area contributed by atoms with E-state index in [4.69, 9.17) is 4.74 Å². The predicted molar refractivity (Wildman–Crippen MR) is 72.7 cm³/mol. The minimum atomic E-state index is -0.613. The summed E-state index contributed by atoms with van der Waals surface area (Å²) in [5.41, 5.74) is 0.478. The van der Waals surface area contributed by atoms with E-state index >= 15 is 0 Å². The van der Waals surface area contributed by atoms with Crippen molar-refractivity contribution in [2.24, 2.45) is 0 Å². The topological polar surface area (TPSA) is 26.3 Å². The summed E-state index contributed by atoms with van der Waals surface area (Å²) in [4.78, 5) is 11.9. The van der Waals surface area contributed by atoms with Gasteiger partial charge < -0.3 is 4.74 Å². The van der Waals surface area contributed by atoms with Crippen molar-refractivity contribution < 1.29 is 18.3 Å². The lowest BCUT2D eigenvalue weighted by atomic mass is 10.1. The van der Waals surface area contributed by atoms with Crippen LogP contribution in [0.3, 0.4) is 0 Å². The van der Waals surface area contributed by atoms with Crippen LogP contribution in [0, 0.1) is 11.6 Å². The summed E-state index contributed by atoms with van der Waals surface area (Å²) in [5, 5.41) is 0. The van der Waals surface area contributed by atoms with E-state index in [0.717, 1.165) is 6.07 Å². The molecule has 2 aromatic carbocycles. The second kappa shape index (κ2) is 6.10. The summed E-state index contributed by atoms with van der Waals surface area (Å²) in [7, 11) is 1.35. The third kappa shape index (κ3) is 3.09. The van der Waals surface area contributed by atoms with Crippen molar-refractivity contribution in [3.05, 3.63) is 71.3 Å². The van der Waals surface area contributed by atoms with Crippen LogP contribution in [0.5, 0.6) is 5.75 Å². The smallest absolute Gasteiger partial charge is 0.185 e. The maximum atomic E-state index is 13.5. The van der Waals surface area contributed by atoms with Crippen LogP contribution >= 0.6 is 0 Å². The zero-order valence-corrected chi connectivity index (χ0v) is 10.8. The number of benzene rings is 2. The second-order valence-electron chi connectivity index (χ2n) is 4.07. The number of allylic oxidation sites excluding steroid dienone is 1. The molecule has 0 saturated heterocycles. The third-order valence-electron chi connectivity index (χ3n) is 2.76. The molecule has 0 aliphatic rings. The first-order valence-electron chi connectivity index (χ1n) is 5.92. The van der Waals surface area contributed by atoms with Gasteiger partial charge in [-0.05, 0) is 36.4 Å². The van der Waals surface area contributed by atoms with Crippen LogP contribution in [0.15, 0.2) is 48.5 Å². The minimum Gasteiger partial charge on any atom is -0.494 e. The van der Waals surface area contributed by atoms with Gasteiger partial charge in [-0.2, -0.15) is 0 Å². The Balaban J connectivity index is 2.20. The number of carbonyl (C=O) groups is 1. The number of carbonyl (C=O) groups excluding carboxylic acids is 1. The Morgan fingerprint density at radius 2 is 1.85 bits per heavy atom. The van der Waals surface area contributed by atoms with Gasteiger partial charge in [0.25, 0.3) is 0 Å². The van der Waals surface area contributed by atoms with Crippen LogP contribution in [0.4, 0.5) is 8.78 Å². The molecule has 0 fully saturated rings. The third-order valence-corrected chi connectivity index (χ3v) is 2.76. The highest BCUT2D eigenvalue weighted by Crippen LogP contribution is 2.18. The molecule has 0 unspecified atom stereocenters. The molecular weight excluding hydrogens is 262 g/mol. The van der Waals surface area contributed by atoms with Crippen LogP contribution in [-0.4, -0.2) is 12.9 Å². The molecule has 0 heterocycles. The van der Waals surface area contributed by atoms with Crippen molar-refractivity contribution in [1.82, 2.24) is 0 Å². The number of methoxy groups -OCH3 is 1. The van der Waals surface area contributed by atoms with Gasteiger partial charge in [-0.1, -0.05) is 18.2 Å². The fraction of sp³-hybridized carbons (Fsp3) is 0.0625. The van der Waals surface area contributed by atoms with E-state index in [1.54, 1.807) is 18.2 Å². The maximum Gasteiger partial charge on any atom is 0.185 e. The van der Waals surface area contributed by atoms with Gasteiger partial charge in [0.2, 0.25) is 0 Å². The highest BCUT2D eigenvalue weighted by molar-refractivity contribution is 6.06. The monoisotopic (exact) mass is 274 g/mol. The highest BCUT2D eigenvalue weighted by atomic mass is 19.1. The largest absolute Gasteiger partial charge is 0.494 e. The molecule has 0 N–H and O–H groups in total. The quantitative estimate of drug-likeness (QED) is 0.625. The maximum absolute atomic E-state index is 13.5. The van der Waals surface area contributed by atoms with E-state index in [-0.39, 0.29) is 11.3 Å². The molecule has 0 spiro atoms. The van der Waals surface area contributed by atoms with E-state index in [0.29, 0.717) is 5.56 Å². The Kier molecular flexibility index (Phi) is 4.25. The van der Waals surface area contributed by atoms with Crippen molar-refractivity contribution in [3.8, 4) is 5.75 Å². The molecule has 2 aromatic rings. The molecule has 0 atom stereocenters. The standard InChI is InChI=1S/C16H12F2O2/c1-20-16-9-7-12(10-14(16)18)15(19)8-6-11-4-2-3-5-13(11)17/h2-10H,1H3/b8-6+. The van der Waals surface area contributed by atoms with Gasteiger partial charge in [0.1, 0.15) is 5.82 Å². The van der Waals surface area contributed by atoms with E-state index in [9.17, 15) is 13.6 Å². The Bertz CT molecular complexity index is 663. The minimum absolute atomic E-state index is 0.0691. The molecule has 0 amide bonds. The van der Waals surface area contributed by atoms with Crippen LogP contribution in [-0.2, 0) is 0 Å². The predicted octanol–water partition coefficient (Wildman–Crippen LogP) is 3.87. The number of hydrogen-bond acceptors (Lipinski definition) is 2. The summed E-state index contributed by atoms with van der Waals surface area (Å²) in [6, 6.07) is 10.0. The van der Waals surface area contributed by atoms with Gasteiger partial charge in [0.05, 0.1) is 7.11 Å². The average molecular weight is 274 g/mol. The lowest BCUT2D eigenvalue weighted by Gasteiger charge is -2.02. The molecule has 0 saturated carbocycles. The highest BCUT2D eigenvalue weighted by Gasteiger charge is 2.08. The van der Waals surface area contributed by atoms with Crippen molar-refractivity contribution >= 4 is 11.9 Å². The fourth-order valence-electron chi connectivity index (χ4n) is 1.69. The molecule has 0 bridgehead atoms. The molecule has 0 aliphatic carbocycles. The molecule has 4 heteroatoms. The summed E-state index contributed by atoms with van der Waals surface area (Å²) in [6.45, 7) is 0. The molecule has 0 radical (unpaired) electrons. The van der Waals surface area contributed by atoms with Crippen molar-refractivity contribution in [2.45, 2.75) is 0 Å². The molecule has 2 rings (SSSR count). The van der Waals surface area contributed by atoms with Crippen molar-refractivity contribution in [1.29, 1.82) is 0 Å². The van der Waals surface area contributed by atoms with Crippen LogP contribution in [0.2, 0.25) is 0 Å². The van der Waals surface area contributed by atoms with Gasteiger partial charge in [-0.3, -0.25) is 4.79 Å². The van der Waals surface area contributed by atoms with E-state index < -0.39 is 17.4 Å². The first-order valence-corrected chi connectivity index (χ1v) is 5.92. The zero-order chi connectivity index (χ0) is 14.5. The SMILES string of the molecule is COc1ccc(C(=O)/C=C/c2ccccc2F)cc1F. The Morgan fingerprint density at radius 1 is 1.10 bits per heavy atom. The number of ether oxygens (including phenoxy) is 1. The van der Waals surface area contributed by atoms with Crippen LogP contribution < -0.4 is 4.74 Å². The summed E-state index contributed by atoms with van der Waals surface area (Å²) in [5.74, 6) is -1.37. The number of ketones is 1. The average Bonchev–Trinajstić information content (AvgIpc) is 2.46. The summed E-state index contributed by atoms with van der Waals surface area (Å²) >= 11 is 0. The van der Waals surface area contributed by atoms with Crippen LogP contribution in [0.1, 0.15) is 15.9 Å². The van der Waals surface area contributed by atoms with E-state index in [1.165, 1.54) is 37.5 Å². The zero-order valence-electron chi connectivity index (χ0n) is 10.8. The summed E-state index contributed by atoms with van der Waals surface area (Å²) < 4.78 is 31.6. The van der Waals surface area contributed by atoms with Gasteiger partial charge in [0.15, 0.2) is 17.3 Å². The van der Waals surface area contributed by atoms with Crippen molar-refractivity contribution in [2.75, 3.05) is 7.11 Å². The molecule has 2 nitrogen and oxygen atoms in total. The normalized spacial score (nSPS) is 10.8. The lowest BCUT2D eigenvalue weighted by molar-refractivity contribution is 0.104. The Hall–Kier alpha value is -2.49. The van der Waals surface area contributed by atoms with Crippen molar-refractivity contribution in [3.63, 3.8) is 0 Å². The lowest BCUT2D eigenvalue weighted by Crippen LogP contribution is -1.97. The molecule has 20 heavy (non-hydrogen) atoms. The summed E-state index contributed by atoms with van der Waals surface area (Å²) in [6.07, 6.45) is 2.57. The molecule has 102 valence electrons. The first-order chi connectivity index (χ1) is 9.61. The number of rotatable bonds is 4. The van der Waals surface area contributed by atoms with Crippen LogP contribution in [0.25, 0.3) is 6.08 Å². The molecule has 0 aromatic heterocycles. The van der Waals surface area contributed by atoms with E-state index in [1.807, 2.05) is 0 Å². The number of hydrogen-bond donors (Lipinski definition) is 0. The van der Waals surface area contributed by atoms with Gasteiger partial charge >= 0.3 is 0 Å². The number of halogens is 2. The Morgan fingerprint density at radius 3 is 2.50 bits per heavy atom.